The molecule has 0 unspecified atom stereocenters. The molecular weight excluding hydrogens is 298 g/mol. The highest BCUT2D eigenvalue weighted by Gasteiger charge is 2.16. The number of amides is 1. The number of carbonyl (C=O) groups excluding carboxylic acids is 1. The van der Waals surface area contributed by atoms with Gasteiger partial charge in [-0.05, 0) is 48.7 Å². The van der Waals surface area contributed by atoms with Crippen molar-refractivity contribution in [3.63, 3.8) is 0 Å². The van der Waals surface area contributed by atoms with Gasteiger partial charge in [0.05, 0.1) is 0 Å². The van der Waals surface area contributed by atoms with E-state index < -0.39 is 0 Å². The summed E-state index contributed by atoms with van der Waals surface area (Å²) in [5.41, 5.74) is 4.65. The van der Waals surface area contributed by atoms with E-state index in [-0.39, 0.29) is 5.91 Å². The van der Waals surface area contributed by atoms with Gasteiger partial charge in [0.25, 0.3) is 0 Å². The van der Waals surface area contributed by atoms with Gasteiger partial charge in [-0.2, -0.15) is 0 Å². The minimum Gasteiger partial charge on any atom is -0.378 e. The quantitative estimate of drug-likeness (QED) is 0.914. The summed E-state index contributed by atoms with van der Waals surface area (Å²) in [4.78, 5) is 16.6. The number of hydrogen-bond donors (Lipinski definition) is 1. The van der Waals surface area contributed by atoms with Gasteiger partial charge in [-0.15, -0.1) is 0 Å². The minimum absolute atomic E-state index is 0.0654. The fourth-order valence-electron chi connectivity index (χ4n) is 3.15. The molecule has 0 bridgehead atoms. The van der Waals surface area contributed by atoms with Crippen molar-refractivity contribution in [2.24, 2.45) is 0 Å². The second-order valence-electron chi connectivity index (χ2n) is 6.46. The van der Waals surface area contributed by atoms with Crippen LogP contribution in [0.4, 0.5) is 17.1 Å². The van der Waals surface area contributed by atoms with Gasteiger partial charge in [0.2, 0.25) is 5.91 Å². The Bertz CT molecular complexity index is 694. The van der Waals surface area contributed by atoms with Crippen LogP contribution in [-0.2, 0) is 11.2 Å². The summed E-state index contributed by atoms with van der Waals surface area (Å²) in [5, 5.41) is 2.99. The van der Waals surface area contributed by atoms with Crippen LogP contribution in [0.3, 0.4) is 0 Å². The first-order chi connectivity index (χ1) is 11.6. The molecule has 0 saturated heterocycles. The van der Waals surface area contributed by atoms with Crippen LogP contribution in [0, 0.1) is 0 Å². The number of rotatable bonds is 5. The molecule has 1 aliphatic rings. The third-order valence-electron chi connectivity index (χ3n) is 4.48. The van der Waals surface area contributed by atoms with Gasteiger partial charge >= 0.3 is 0 Å². The largest absolute Gasteiger partial charge is 0.378 e. The van der Waals surface area contributed by atoms with Gasteiger partial charge in [-0.25, -0.2) is 0 Å². The average molecular weight is 323 g/mol. The highest BCUT2D eigenvalue weighted by atomic mass is 16.1. The summed E-state index contributed by atoms with van der Waals surface area (Å²) < 4.78 is 0. The van der Waals surface area contributed by atoms with Crippen LogP contribution in [0.2, 0.25) is 0 Å². The summed E-state index contributed by atoms with van der Waals surface area (Å²) in [6.07, 6.45) is 2.80. The predicted molar refractivity (Wildman–Crippen MR) is 101 cm³/mol. The number of hydrogen-bond acceptors (Lipinski definition) is 3. The highest BCUT2D eigenvalue weighted by molar-refractivity contribution is 5.91. The Labute approximate surface area is 144 Å². The van der Waals surface area contributed by atoms with Crippen molar-refractivity contribution in [2.45, 2.75) is 19.3 Å². The molecule has 4 nitrogen and oxygen atoms in total. The van der Waals surface area contributed by atoms with Crippen LogP contribution in [0.25, 0.3) is 0 Å². The van der Waals surface area contributed by atoms with Gasteiger partial charge in [0, 0.05) is 50.7 Å². The molecule has 1 N–H and O–H groups in total. The van der Waals surface area contributed by atoms with Gasteiger partial charge in [0.15, 0.2) is 0 Å². The fraction of sp³-hybridized carbons (Fsp3) is 0.350. The lowest BCUT2D eigenvalue weighted by atomic mass is 10.0. The summed E-state index contributed by atoms with van der Waals surface area (Å²) in [6.45, 7) is 1.79. The standard InChI is InChI=1S/C20H25N3O/c1-22(2)18-11-9-17(10-12-18)21-20(24)13-15-23-14-5-7-16-6-3-4-8-19(16)23/h3-4,6,8-12H,5,7,13-15H2,1-2H3,(H,21,24). The minimum atomic E-state index is 0.0654. The Hall–Kier alpha value is -2.49. The molecule has 2 aromatic rings. The number of nitrogens with one attached hydrogen (secondary N) is 1. The van der Waals surface area contributed by atoms with E-state index in [2.05, 4.69) is 34.5 Å². The van der Waals surface area contributed by atoms with Crippen LogP contribution in [0.15, 0.2) is 48.5 Å². The maximum Gasteiger partial charge on any atom is 0.226 e. The summed E-state index contributed by atoms with van der Waals surface area (Å²) >= 11 is 0. The van der Waals surface area contributed by atoms with Crippen molar-refractivity contribution in [1.82, 2.24) is 0 Å². The van der Waals surface area contributed by atoms with Crippen molar-refractivity contribution < 1.29 is 4.79 Å². The van der Waals surface area contributed by atoms with Crippen LogP contribution >= 0.6 is 0 Å². The molecule has 1 heterocycles. The lowest BCUT2D eigenvalue weighted by Crippen LogP contribution is -2.32. The lowest BCUT2D eigenvalue weighted by Gasteiger charge is -2.31. The number of aryl methyl sites for hydroxylation is 1. The Morgan fingerprint density at radius 2 is 1.88 bits per heavy atom. The van der Waals surface area contributed by atoms with Crippen LogP contribution < -0.4 is 15.1 Å². The zero-order chi connectivity index (χ0) is 16.9. The van der Waals surface area contributed by atoms with E-state index in [9.17, 15) is 4.79 Å². The average Bonchev–Trinajstić information content (AvgIpc) is 2.60. The van der Waals surface area contributed by atoms with Crippen molar-refractivity contribution in [3.8, 4) is 0 Å². The topological polar surface area (TPSA) is 35.6 Å². The molecule has 3 rings (SSSR count). The van der Waals surface area contributed by atoms with E-state index in [1.165, 1.54) is 11.3 Å². The van der Waals surface area contributed by atoms with Crippen LogP contribution in [0.5, 0.6) is 0 Å². The fourth-order valence-corrected chi connectivity index (χ4v) is 3.15. The molecule has 0 radical (unpaired) electrons. The third kappa shape index (κ3) is 3.88. The molecule has 0 saturated carbocycles. The Morgan fingerprint density at radius 3 is 2.62 bits per heavy atom. The maximum absolute atomic E-state index is 12.2. The van der Waals surface area contributed by atoms with E-state index in [1.807, 2.05) is 43.3 Å². The van der Waals surface area contributed by atoms with Gasteiger partial charge in [0.1, 0.15) is 0 Å². The Morgan fingerprint density at radius 1 is 1.12 bits per heavy atom. The molecule has 1 amide bonds. The van der Waals surface area contributed by atoms with E-state index in [0.29, 0.717) is 6.42 Å². The maximum atomic E-state index is 12.2. The molecule has 0 aromatic heterocycles. The van der Waals surface area contributed by atoms with E-state index in [1.54, 1.807) is 0 Å². The first-order valence-electron chi connectivity index (χ1n) is 8.53. The second-order valence-corrected chi connectivity index (χ2v) is 6.46. The summed E-state index contributed by atoms with van der Waals surface area (Å²) in [6, 6.07) is 16.4. The highest BCUT2D eigenvalue weighted by Crippen LogP contribution is 2.26. The molecule has 1 aliphatic heterocycles. The molecule has 0 atom stereocenters. The Kier molecular flexibility index (Phi) is 5.04. The Balaban J connectivity index is 1.55. The molecular formula is C20H25N3O. The van der Waals surface area contributed by atoms with E-state index in [0.717, 1.165) is 37.3 Å². The number of nitrogens with zero attached hydrogens (tertiary/aromatic N) is 2. The zero-order valence-electron chi connectivity index (χ0n) is 14.5. The monoisotopic (exact) mass is 323 g/mol. The number of para-hydroxylation sites is 1. The van der Waals surface area contributed by atoms with E-state index in [4.69, 9.17) is 0 Å². The lowest BCUT2D eigenvalue weighted by molar-refractivity contribution is -0.116. The molecule has 0 spiro atoms. The molecule has 0 aliphatic carbocycles. The zero-order valence-corrected chi connectivity index (χ0v) is 14.5. The molecule has 0 fully saturated rings. The summed E-state index contributed by atoms with van der Waals surface area (Å²) in [7, 11) is 4.01. The van der Waals surface area contributed by atoms with Crippen LogP contribution in [0.1, 0.15) is 18.4 Å². The first-order valence-corrected chi connectivity index (χ1v) is 8.53. The molecule has 2 aromatic carbocycles. The van der Waals surface area contributed by atoms with Gasteiger partial charge < -0.3 is 15.1 Å². The first kappa shape index (κ1) is 16.4. The second kappa shape index (κ2) is 7.39. The van der Waals surface area contributed by atoms with E-state index >= 15 is 0 Å². The van der Waals surface area contributed by atoms with Crippen molar-refractivity contribution in [3.05, 3.63) is 54.1 Å². The SMILES string of the molecule is CN(C)c1ccc(NC(=O)CCN2CCCc3ccccc32)cc1. The summed E-state index contributed by atoms with van der Waals surface area (Å²) in [5.74, 6) is 0.0654. The third-order valence-corrected chi connectivity index (χ3v) is 4.48. The number of benzene rings is 2. The smallest absolute Gasteiger partial charge is 0.226 e. The molecule has 126 valence electrons. The molecule has 24 heavy (non-hydrogen) atoms. The predicted octanol–water partition coefficient (Wildman–Crippen LogP) is 3.53. The number of anilines is 3. The van der Waals surface area contributed by atoms with Gasteiger partial charge in [-0.1, -0.05) is 18.2 Å². The van der Waals surface area contributed by atoms with Crippen molar-refractivity contribution in [1.29, 1.82) is 0 Å². The van der Waals surface area contributed by atoms with Crippen LogP contribution in [-0.4, -0.2) is 33.1 Å². The van der Waals surface area contributed by atoms with Crippen molar-refractivity contribution in [2.75, 3.05) is 42.3 Å². The molecule has 4 heteroatoms. The van der Waals surface area contributed by atoms with Gasteiger partial charge in [-0.3, -0.25) is 4.79 Å². The normalized spacial score (nSPS) is 13.3. The van der Waals surface area contributed by atoms with Crippen molar-refractivity contribution >= 4 is 23.0 Å². The number of carbonyl (C=O) groups is 1. The number of fused-ring (bicyclic) bond motifs is 1.